The zero-order valence-corrected chi connectivity index (χ0v) is 11.3. The van der Waals surface area contributed by atoms with Gasteiger partial charge in [0.1, 0.15) is 11.6 Å². The Labute approximate surface area is 108 Å². The number of halogens is 1. The molecule has 1 aromatic rings. The number of rotatable bonds is 8. The molecule has 1 rings (SSSR count). The van der Waals surface area contributed by atoms with Crippen molar-refractivity contribution in [3.63, 3.8) is 0 Å². The molecule has 0 saturated carbocycles. The van der Waals surface area contributed by atoms with Crippen LogP contribution >= 0.6 is 0 Å². The normalized spacial score (nSPS) is 10.9. The summed E-state index contributed by atoms with van der Waals surface area (Å²) in [5, 5.41) is 3.25. The first-order valence-corrected chi connectivity index (χ1v) is 6.27. The van der Waals surface area contributed by atoms with Gasteiger partial charge in [0, 0.05) is 18.7 Å². The van der Waals surface area contributed by atoms with Crippen LogP contribution in [-0.4, -0.2) is 32.9 Å². The fraction of sp³-hybridized carbons (Fsp3) is 0.571. The number of hydrogen-bond acceptors (Lipinski definition) is 3. The lowest BCUT2D eigenvalue weighted by molar-refractivity contribution is 0.137. The molecule has 102 valence electrons. The van der Waals surface area contributed by atoms with E-state index in [1.807, 2.05) is 0 Å². The maximum Gasteiger partial charge on any atom is 0.130 e. The first kappa shape index (κ1) is 14.9. The minimum atomic E-state index is -0.238. The molecule has 0 unspecified atom stereocenters. The Morgan fingerprint density at radius 3 is 2.67 bits per heavy atom. The monoisotopic (exact) mass is 255 g/mol. The molecule has 0 amide bonds. The molecule has 0 fully saturated rings. The fourth-order valence-corrected chi connectivity index (χ4v) is 1.56. The van der Waals surface area contributed by atoms with E-state index in [0.717, 1.165) is 6.54 Å². The lowest BCUT2D eigenvalue weighted by Crippen LogP contribution is -2.26. The standard InChI is InChI=1S/C14H22FNO2/c1-11(2)16-7-9-18-8-6-12-4-5-13(17-3)10-14(12)15/h4-5,10-11,16H,6-9H2,1-3H3. The molecule has 0 radical (unpaired) electrons. The van der Waals surface area contributed by atoms with E-state index in [1.54, 1.807) is 12.1 Å². The Balaban J connectivity index is 2.23. The molecular weight excluding hydrogens is 233 g/mol. The molecule has 3 nitrogen and oxygen atoms in total. The van der Waals surface area contributed by atoms with Gasteiger partial charge in [-0.1, -0.05) is 19.9 Å². The van der Waals surface area contributed by atoms with Crippen molar-refractivity contribution >= 4 is 0 Å². The van der Waals surface area contributed by atoms with Gasteiger partial charge in [0.2, 0.25) is 0 Å². The van der Waals surface area contributed by atoms with Crippen LogP contribution in [0.2, 0.25) is 0 Å². The number of methoxy groups -OCH3 is 1. The summed E-state index contributed by atoms with van der Waals surface area (Å²) in [5.41, 5.74) is 0.660. The van der Waals surface area contributed by atoms with E-state index >= 15 is 0 Å². The second kappa shape index (κ2) is 8.06. The summed E-state index contributed by atoms with van der Waals surface area (Å²) in [6, 6.07) is 5.37. The minimum Gasteiger partial charge on any atom is -0.497 e. The fourth-order valence-electron chi connectivity index (χ4n) is 1.56. The smallest absolute Gasteiger partial charge is 0.130 e. The lowest BCUT2D eigenvalue weighted by atomic mass is 10.1. The van der Waals surface area contributed by atoms with Crippen LogP contribution in [0.25, 0.3) is 0 Å². The molecule has 0 aliphatic rings. The summed E-state index contributed by atoms with van der Waals surface area (Å²) >= 11 is 0. The zero-order valence-electron chi connectivity index (χ0n) is 11.3. The molecule has 18 heavy (non-hydrogen) atoms. The molecule has 0 spiro atoms. The predicted molar refractivity (Wildman–Crippen MR) is 70.6 cm³/mol. The molecule has 0 aromatic heterocycles. The summed E-state index contributed by atoms with van der Waals surface area (Å²) in [7, 11) is 1.53. The van der Waals surface area contributed by atoms with Gasteiger partial charge in [-0.3, -0.25) is 0 Å². The Morgan fingerprint density at radius 2 is 2.06 bits per heavy atom. The zero-order chi connectivity index (χ0) is 13.4. The molecule has 0 atom stereocenters. The van der Waals surface area contributed by atoms with E-state index in [-0.39, 0.29) is 5.82 Å². The third-order valence-corrected chi connectivity index (χ3v) is 2.57. The number of nitrogens with one attached hydrogen (secondary N) is 1. The van der Waals surface area contributed by atoms with Crippen LogP contribution in [0.15, 0.2) is 18.2 Å². The van der Waals surface area contributed by atoms with E-state index < -0.39 is 0 Å². The van der Waals surface area contributed by atoms with Crippen LogP contribution in [0.3, 0.4) is 0 Å². The van der Waals surface area contributed by atoms with Crippen molar-refractivity contribution < 1.29 is 13.9 Å². The second-order valence-electron chi connectivity index (χ2n) is 4.43. The third kappa shape index (κ3) is 5.47. The van der Waals surface area contributed by atoms with Crippen molar-refractivity contribution in [2.45, 2.75) is 26.3 Å². The van der Waals surface area contributed by atoms with Crippen molar-refractivity contribution in [2.75, 3.05) is 26.9 Å². The van der Waals surface area contributed by atoms with Gasteiger partial charge in [0.05, 0.1) is 20.3 Å². The SMILES string of the molecule is COc1ccc(CCOCCNC(C)C)c(F)c1. The number of hydrogen-bond donors (Lipinski definition) is 1. The quantitative estimate of drug-likeness (QED) is 0.724. The Hall–Kier alpha value is -1.13. The maximum absolute atomic E-state index is 13.6. The van der Waals surface area contributed by atoms with Gasteiger partial charge in [-0.25, -0.2) is 4.39 Å². The third-order valence-electron chi connectivity index (χ3n) is 2.57. The maximum atomic E-state index is 13.6. The highest BCUT2D eigenvalue weighted by Crippen LogP contribution is 2.16. The first-order chi connectivity index (χ1) is 8.63. The minimum absolute atomic E-state index is 0.238. The topological polar surface area (TPSA) is 30.5 Å². The molecule has 1 aromatic carbocycles. The van der Waals surface area contributed by atoms with E-state index in [9.17, 15) is 4.39 Å². The van der Waals surface area contributed by atoms with Crippen LogP contribution < -0.4 is 10.1 Å². The summed E-state index contributed by atoms with van der Waals surface area (Å²) in [6.45, 7) is 6.18. The Bertz CT molecular complexity index is 356. The average Bonchev–Trinajstić information content (AvgIpc) is 2.34. The molecule has 0 saturated heterocycles. The summed E-state index contributed by atoms with van der Waals surface area (Å²) in [5.74, 6) is 0.302. The molecule has 1 N–H and O–H groups in total. The molecule has 4 heteroatoms. The van der Waals surface area contributed by atoms with Crippen molar-refractivity contribution in [1.29, 1.82) is 0 Å². The van der Waals surface area contributed by atoms with E-state index in [1.165, 1.54) is 13.2 Å². The van der Waals surface area contributed by atoms with Crippen molar-refractivity contribution in [3.05, 3.63) is 29.6 Å². The molecule has 0 aliphatic heterocycles. The molecular formula is C14H22FNO2. The Kier molecular flexibility index (Phi) is 6.68. The van der Waals surface area contributed by atoms with Gasteiger partial charge in [-0.15, -0.1) is 0 Å². The highest BCUT2D eigenvalue weighted by Gasteiger charge is 2.03. The second-order valence-corrected chi connectivity index (χ2v) is 4.43. The summed E-state index contributed by atoms with van der Waals surface area (Å²) in [4.78, 5) is 0. The number of benzene rings is 1. The highest BCUT2D eigenvalue weighted by atomic mass is 19.1. The van der Waals surface area contributed by atoms with Crippen LogP contribution in [0.4, 0.5) is 4.39 Å². The van der Waals surface area contributed by atoms with Crippen molar-refractivity contribution in [3.8, 4) is 5.75 Å². The predicted octanol–water partition coefficient (Wildman–Crippen LogP) is 2.39. The van der Waals surface area contributed by atoms with Gasteiger partial charge in [-0.05, 0) is 18.1 Å². The highest BCUT2D eigenvalue weighted by molar-refractivity contribution is 5.28. The summed E-state index contributed by atoms with van der Waals surface area (Å²) in [6.07, 6.45) is 0.581. The summed E-state index contributed by atoms with van der Waals surface area (Å²) < 4.78 is 24.0. The largest absolute Gasteiger partial charge is 0.497 e. The Morgan fingerprint density at radius 1 is 1.28 bits per heavy atom. The van der Waals surface area contributed by atoms with Crippen LogP contribution in [-0.2, 0) is 11.2 Å². The van der Waals surface area contributed by atoms with Crippen LogP contribution in [0.1, 0.15) is 19.4 Å². The van der Waals surface area contributed by atoms with E-state index in [0.29, 0.717) is 37.0 Å². The molecule has 0 heterocycles. The van der Waals surface area contributed by atoms with Crippen molar-refractivity contribution in [2.24, 2.45) is 0 Å². The van der Waals surface area contributed by atoms with Crippen molar-refractivity contribution in [1.82, 2.24) is 5.32 Å². The van der Waals surface area contributed by atoms with Crippen LogP contribution in [0, 0.1) is 5.82 Å². The lowest BCUT2D eigenvalue weighted by Gasteiger charge is -2.09. The molecule has 0 aliphatic carbocycles. The average molecular weight is 255 g/mol. The van der Waals surface area contributed by atoms with E-state index in [2.05, 4.69) is 19.2 Å². The van der Waals surface area contributed by atoms with Gasteiger partial charge >= 0.3 is 0 Å². The number of ether oxygens (including phenoxy) is 2. The van der Waals surface area contributed by atoms with Gasteiger partial charge in [0.15, 0.2) is 0 Å². The van der Waals surface area contributed by atoms with Gasteiger partial charge in [0.25, 0.3) is 0 Å². The molecule has 0 bridgehead atoms. The van der Waals surface area contributed by atoms with E-state index in [4.69, 9.17) is 9.47 Å². The van der Waals surface area contributed by atoms with Gasteiger partial charge in [-0.2, -0.15) is 0 Å². The van der Waals surface area contributed by atoms with Gasteiger partial charge < -0.3 is 14.8 Å². The first-order valence-electron chi connectivity index (χ1n) is 6.27. The van der Waals surface area contributed by atoms with Crippen LogP contribution in [0.5, 0.6) is 5.75 Å².